The largest absolute Gasteiger partial charge is 0.373 e. The van der Waals surface area contributed by atoms with Crippen molar-refractivity contribution in [1.29, 1.82) is 0 Å². The van der Waals surface area contributed by atoms with Gasteiger partial charge in [0.05, 0.1) is 0 Å². The molecule has 0 saturated heterocycles. The monoisotopic (exact) mass is 166 g/mol. The van der Waals surface area contributed by atoms with Crippen LogP contribution in [0.2, 0.25) is 0 Å². The summed E-state index contributed by atoms with van der Waals surface area (Å²) in [6.07, 6.45) is 0.250. The summed E-state index contributed by atoms with van der Waals surface area (Å²) in [5.74, 6) is 0. The molecule has 1 aromatic rings. The van der Waals surface area contributed by atoms with Crippen LogP contribution in [0.15, 0.2) is 30.3 Å². The minimum absolute atomic E-state index is 0.250. The number of carbonyl (C=O) groups excluding carboxylic acids is 2. The summed E-state index contributed by atoms with van der Waals surface area (Å²) in [4.78, 5) is 16.2. The van der Waals surface area contributed by atoms with E-state index in [1.54, 1.807) is 0 Å². The Hall–Kier alpha value is -1.40. The molecule has 12 heavy (non-hydrogen) atoms. The van der Waals surface area contributed by atoms with Crippen molar-refractivity contribution in [1.82, 2.24) is 0 Å². The molecule has 0 radical (unpaired) electrons. The van der Waals surface area contributed by atoms with Gasteiger partial charge in [0.2, 0.25) is 0 Å². The Morgan fingerprint density at radius 3 is 1.50 bits per heavy atom. The molecule has 2 nitrogen and oxygen atoms in total. The first-order valence-corrected chi connectivity index (χ1v) is 3.82. The Balaban J connectivity index is 0. The van der Waals surface area contributed by atoms with Crippen LogP contribution in [0, 0.1) is 6.92 Å². The van der Waals surface area contributed by atoms with Gasteiger partial charge >= 0.3 is 6.15 Å². The molecule has 0 unspecified atom stereocenters. The van der Waals surface area contributed by atoms with Crippen LogP contribution in [0.3, 0.4) is 0 Å². The van der Waals surface area contributed by atoms with Crippen LogP contribution in [-0.4, -0.2) is 6.15 Å². The second-order valence-electron chi connectivity index (χ2n) is 1.74. The Kier molecular flexibility index (Phi) is 13.5. The number of hydrogen-bond acceptors (Lipinski definition) is 2. The fourth-order valence-corrected chi connectivity index (χ4v) is 0.534. The number of hydrogen-bond donors (Lipinski definition) is 0. The zero-order chi connectivity index (χ0) is 9.82. The first-order chi connectivity index (χ1) is 5.81. The third-order valence-corrected chi connectivity index (χ3v) is 0.940. The van der Waals surface area contributed by atoms with Crippen LogP contribution < -0.4 is 0 Å². The van der Waals surface area contributed by atoms with Crippen LogP contribution in [0.1, 0.15) is 19.4 Å². The van der Waals surface area contributed by atoms with E-state index in [9.17, 15) is 0 Å². The van der Waals surface area contributed by atoms with Gasteiger partial charge in [-0.1, -0.05) is 49.7 Å². The number of rotatable bonds is 0. The molecule has 0 N–H and O–H groups in total. The summed E-state index contributed by atoms with van der Waals surface area (Å²) < 4.78 is 0. The minimum atomic E-state index is 0.250. The van der Waals surface area contributed by atoms with E-state index in [4.69, 9.17) is 9.59 Å². The molecule has 1 rings (SSSR count). The van der Waals surface area contributed by atoms with E-state index >= 15 is 0 Å². The van der Waals surface area contributed by atoms with Crippen LogP contribution in [0.5, 0.6) is 0 Å². The van der Waals surface area contributed by atoms with Crippen molar-refractivity contribution in [3.63, 3.8) is 0 Å². The van der Waals surface area contributed by atoms with Gasteiger partial charge in [-0.25, -0.2) is 0 Å². The standard InChI is InChI=1S/C7H8.C2H6.CO2/c1-7-5-3-2-4-6-7;1-2;2-1-3/h2-6H,1H3;1-2H3;. The van der Waals surface area contributed by atoms with Crippen LogP contribution in [0.25, 0.3) is 0 Å². The molecule has 0 aromatic heterocycles. The molecular weight excluding hydrogens is 152 g/mol. The summed E-state index contributed by atoms with van der Waals surface area (Å²) in [7, 11) is 0. The van der Waals surface area contributed by atoms with Crippen LogP contribution >= 0.6 is 0 Å². The summed E-state index contributed by atoms with van der Waals surface area (Å²) in [5, 5.41) is 0. The topological polar surface area (TPSA) is 34.1 Å². The molecule has 0 atom stereocenters. The van der Waals surface area contributed by atoms with Crippen molar-refractivity contribution in [3.05, 3.63) is 35.9 Å². The lowest BCUT2D eigenvalue weighted by Gasteiger charge is -1.82. The Labute approximate surface area is 73.2 Å². The quantitative estimate of drug-likeness (QED) is 0.593. The van der Waals surface area contributed by atoms with Gasteiger partial charge in [-0.15, -0.1) is 0 Å². The third-order valence-electron chi connectivity index (χ3n) is 0.940. The number of aryl methyl sites for hydroxylation is 1. The van der Waals surface area contributed by atoms with Crippen molar-refractivity contribution in [2.75, 3.05) is 0 Å². The highest BCUT2D eigenvalue weighted by atomic mass is 16.2. The predicted octanol–water partition coefficient (Wildman–Crippen LogP) is 2.44. The molecule has 0 aliphatic heterocycles. The van der Waals surface area contributed by atoms with Crippen molar-refractivity contribution in [2.45, 2.75) is 20.8 Å². The molecule has 0 fully saturated rings. The van der Waals surface area contributed by atoms with Gasteiger partial charge in [-0.05, 0) is 6.92 Å². The molecule has 0 aliphatic rings. The Morgan fingerprint density at radius 2 is 1.33 bits per heavy atom. The molecule has 0 heterocycles. The first-order valence-electron chi connectivity index (χ1n) is 3.82. The average Bonchev–Trinajstić information content (AvgIpc) is 2.11. The van der Waals surface area contributed by atoms with Crippen molar-refractivity contribution in [2.24, 2.45) is 0 Å². The van der Waals surface area contributed by atoms with Gasteiger partial charge in [0, 0.05) is 0 Å². The first kappa shape index (κ1) is 13.2. The van der Waals surface area contributed by atoms with Crippen molar-refractivity contribution < 1.29 is 9.59 Å². The zero-order valence-corrected chi connectivity index (χ0v) is 7.70. The third kappa shape index (κ3) is 11.4. The van der Waals surface area contributed by atoms with E-state index in [1.807, 2.05) is 32.0 Å². The molecular formula is C10H14O2. The van der Waals surface area contributed by atoms with Gasteiger partial charge in [0.1, 0.15) is 0 Å². The molecule has 0 amide bonds. The number of benzene rings is 1. The van der Waals surface area contributed by atoms with E-state index < -0.39 is 0 Å². The van der Waals surface area contributed by atoms with Crippen LogP contribution in [0.4, 0.5) is 0 Å². The van der Waals surface area contributed by atoms with Gasteiger partial charge in [0.25, 0.3) is 0 Å². The van der Waals surface area contributed by atoms with Crippen molar-refractivity contribution in [3.8, 4) is 0 Å². The molecule has 0 saturated carbocycles. The molecule has 0 bridgehead atoms. The summed E-state index contributed by atoms with van der Waals surface area (Å²) in [5.41, 5.74) is 1.32. The van der Waals surface area contributed by atoms with E-state index in [-0.39, 0.29) is 6.15 Å². The van der Waals surface area contributed by atoms with Crippen LogP contribution in [-0.2, 0) is 9.59 Å². The molecule has 0 spiro atoms. The Bertz CT molecular complexity index is 198. The second kappa shape index (κ2) is 12.3. The lowest BCUT2D eigenvalue weighted by molar-refractivity contribution is -0.191. The maximum absolute atomic E-state index is 8.12. The van der Waals surface area contributed by atoms with Gasteiger partial charge in [-0.3, -0.25) is 0 Å². The Morgan fingerprint density at radius 1 is 1.00 bits per heavy atom. The molecule has 2 heteroatoms. The highest BCUT2D eigenvalue weighted by molar-refractivity contribution is 5.20. The van der Waals surface area contributed by atoms with Gasteiger partial charge < -0.3 is 0 Å². The fourth-order valence-electron chi connectivity index (χ4n) is 0.534. The summed E-state index contributed by atoms with van der Waals surface area (Å²) in [6.45, 7) is 6.08. The summed E-state index contributed by atoms with van der Waals surface area (Å²) >= 11 is 0. The zero-order valence-electron chi connectivity index (χ0n) is 7.70. The van der Waals surface area contributed by atoms with Gasteiger partial charge in [-0.2, -0.15) is 9.59 Å². The lowest BCUT2D eigenvalue weighted by Crippen LogP contribution is -1.62. The smallest absolute Gasteiger partial charge is 0.186 e. The average molecular weight is 166 g/mol. The normalized spacial score (nSPS) is 6.25. The molecule has 1 aromatic carbocycles. The maximum Gasteiger partial charge on any atom is 0.373 e. The highest BCUT2D eigenvalue weighted by Gasteiger charge is 1.72. The summed E-state index contributed by atoms with van der Waals surface area (Å²) in [6, 6.07) is 10.3. The van der Waals surface area contributed by atoms with E-state index in [0.29, 0.717) is 0 Å². The van der Waals surface area contributed by atoms with Crippen molar-refractivity contribution >= 4 is 6.15 Å². The lowest BCUT2D eigenvalue weighted by atomic mass is 10.2. The van der Waals surface area contributed by atoms with E-state index in [0.717, 1.165) is 0 Å². The van der Waals surface area contributed by atoms with E-state index in [2.05, 4.69) is 19.1 Å². The minimum Gasteiger partial charge on any atom is -0.186 e. The molecule has 0 aliphatic carbocycles. The van der Waals surface area contributed by atoms with Gasteiger partial charge in [0.15, 0.2) is 0 Å². The second-order valence-corrected chi connectivity index (χ2v) is 1.74. The van der Waals surface area contributed by atoms with E-state index in [1.165, 1.54) is 5.56 Å². The maximum atomic E-state index is 8.12. The SMILES string of the molecule is CC.Cc1ccccc1.O=C=O. The fraction of sp³-hybridized carbons (Fsp3) is 0.300. The predicted molar refractivity (Wildman–Crippen MR) is 47.5 cm³/mol. The highest BCUT2D eigenvalue weighted by Crippen LogP contribution is 1.92. The molecule has 66 valence electrons.